The van der Waals surface area contributed by atoms with Gasteiger partial charge in [0.1, 0.15) is 23.7 Å². The Balaban J connectivity index is 1.92. The Kier molecular flexibility index (Phi) is 11.8. The Hall–Kier alpha value is -2.67. The molecule has 3 atom stereocenters. The van der Waals surface area contributed by atoms with Gasteiger partial charge in [-0.1, -0.05) is 24.3 Å². The van der Waals surface area contributed by atoms with E-state index in [1.54, 1.807) is 24.2 Å². The number of aliphatic hydroxyl groups is 2. The van der Waals surface area contributed by atoms with Crippen molar-refractivity contribution in [2.75, 3.05) is 40.5 Å². The first-order chi connectivity index (χ1) is 18.4. The number of nitrogens with zero attached hydrogens (tertiary/aromatic N) is 1. The molecule has 2 aromatic rings. The third-order valence-electron chi connectivity index (χ3n) is 6.33. The lowest BCUT2D eigenvalue weighted by Crippen LogP contribution is -2.55. The SMILES string of the molecule is COCCC(=O)N(CCc1cccc(OC)c1)C1CC(C(=O)NCCO)=CC(Oc2ccccc2I)C1O. The maximum absolute atomic E-state index is 13.4. The van der Waals surface area contributed by atoms with Crippen molar-refractivity contribution >= 4 is 34.4 Å². The zero-order valence-electron chi connectivity index (χ0n) is 21.6. The number of carbonyl (C=O) groups excluding carboxylic acids is 2. The van der Waals surface area contributed by atoms with Gasteiger partial charge >= 0.3 is 0 Å². The van der Waals surface area contributed by atoms with Crippen LogP contribution >= 0.6 is 22.6 Å². The average molecular weight is 638 g/mol. The fourth-order valence-corrected chi connectivity index (χ4v) is 4.87. The van der Waals surface area contributed by atoms with Crippen LogP contribution in [-0.2, 0) is 20.7 Å². The van der Waals surface area contributed by atoms with Crippen LogP contribution in [0.5, 0.6) is 11.5 Å². The summed E-state index contributed by atoms with van der Waals surface area (Å²) in [6.07, 6.45) is 0.455. The maximum Gasteiger partial charge on any atom is 0.247 e. The summed E-state index contributed by atoms with van der Waals surface area (Å²) in [5, 5.41) is 23.3. The molecule has 0 saturated heterocycles. The Bertz CT molecular complexity index is 1110. The molecule has 1 aliphatic rings. The van der Waals surface area contributed by atoms with E-state index in [1.807, 2.05) is 42.5 Å². The summed E-state index contributed by atoms with van der Waals surface area (Å²) in [5.74, 6) is 0.722. The number of halogens is 1. The highest BCUT2D eigenvalue weighted by Crippen LogP contribution is 2.30. The van der Waals surface area contributed by atoms with E-state index in [-0.39, 0.29) is 44.4 Å². The summed E-state index contributed by atoms with van der Waals surface area (Å²) < 4.78 is 17.5. The number of hydrogen-bond donors (Lipinski definition) is 3. The normalized spacial score (nSPS) is 18.9. The Labute approximate surface area is 236 Å². The third kappa shape index (κ3) is 8.16. The van der Waals surface area contributed by atoms with E-state index in [0.717, 1.165) is 9.13 Å². The maximum atomic E-state index is 13.4. The van der Waals surface area contributed by atoms with Gasteiger partial charge in [0, 0.05) is 32.2 Å². The van der Waals surface area contributed by atoms with Crippen molar-refractivity contribution < 1.29 is 34.0 Å². The molecule has 10 heteroatoms. The number of carbonyl (C=O) groups is 2. The van der Waals surface area contributed by atoms with Crippen molar-refractivity contribution in [2.45, 2.75) is 37.5 Å². The quantitative estimate of drug-likeness (QED) is 0.289. The van der Waals surface area contributed by atoms with Gasteiger partial charge in [0.15, 0.2) is 0 Å². The van der Waals surface area contributed by atoms with Crippen LogP contribution in [0.4, 0.5) is 0 Å². The van der Waals surface area contributed by atoms with Crippen LogP contribution < -0.4 is 14.8 Å². The molecule has 0 spiro atoms. The zero-order chi connectivity index (χ0) is 27.5. The van der Waals surface area contributed by atoms with Crippen LogP contribution in [0.25, 0.3) is 0 Å². The summed E-state index contributed by atoms with van der Waals surface area (Å²) in [5.41, 5.74) is 1.36. The molecule has 0 radical (unpaired) electrons. The Morgan fingerprint density at radius 3 is 2.66 bits per heavy atom. The lowest BCUT2D eigenvalue weighted by Gasteiger charge is -2.40. The fourth-order valence-electron chi connectivity index (χ4n) is 4.35. The minimum absolute atomic E-state index is 0.0951. The second-order valence-electron chi connectivity index (χ2n) is 8.88. The van der Waals surface area contributed by atoms with E-state index < -0.39 is 18.2 Å². The minimum atomic E-state index is -1.09. The molecule has 206 valence electrons. The van der Waals surface area contributed by atoms with Gasteiger partial charge in [0.25, 0.3) is 0 Å². The lowest BCUT2D eigenvalue weighted by molar-refractivity contribution is -0.139. The van der Waals surface area contributed by atoms with Gasteiger partial charge in [-0.15, -0.1) is 0 Å². The topological polar surface area (TPSA) is 118 Å². The molecule has 2 amide bonds. The molecule has 1 aliphatic carbocycles. The molecule has 2 aromatic carbocycles. The number of rotatable bonds is 13. The van der Waals surface area contributed by atoms with E-state index >= 15 is 0 Å². The van der Waals surface area contributed by atoms with Gasteiger partial charge in [0.05, 0.1) is 36.4 Å². The van der Waals surface area contributed by atoms with Crippen molar-refractivity contribution in [3.63, 3.8) is 0 Å². The van der Waals surface area contributed by atoms with Gasteiger partial charge in [-0.05, 0) is 64.9 Å². The Morgan fingerprint density at radius 2 is 1.95 bits per heavy atom. The Morgan fingerprint density at radius 1 is 1.16 bits per heavy atom. The summed E-state index contributed by atoms with van der Waals surface area (Å²) in [7, 11) is 3.13. The number of benzene rings is 2. The summed E-state index contributed by atoms with van der Waals surface area (Å²) >= 11 is 2.15. The van der Waals surface area contributed by atoms with Crippen LogP contribution in [0.1, 0.15) is 18.4 Å². The zero-order valence-corrected chi connectivity index (χ0v) is 23.8. The predicted molar refractivity (Wildman–Crippen MR) is 151 cm³/mol. The summed E-state index contributed by atoms with van der Waals surface area (Å²) in [6, 6.07) is 14.3. The lowest BCUT2D eigenvalue weighted by atomic mass is 9.87. The molecule has 0 aromatic heterocycles. The number of amides is 2. The number of methoxy groups -OCH3 is 2. The number of nitrogens with one attached hydrogen (secondary N) is 1. The van der Waals surface area contributed by atoms with E-state index in [9.17, 15) is 19.8 Å². The van der Waals surface area contributed by atoms with E-state index in [4.69, 9.17) is 14.2 Å². The first-order valence-corrected chi connectivity index (χ1v) is 13.6. The van der Waals surface area contributed by atoms with E-state index in [1.165, 1.54) is 7.11 Å². The highest BCUT2D eigenvalue weighted by molar-refractivity contribution is 14.1. The van der Waals surface area contributed by atoms with Crippen molar-refractivity contribution in [1.82, 2.24) is 10.2 Å². The standard InChI is InChI=1S/C28H35IN2O7/c1-36-15-11-26(33)31(13-10-19-6-5-7-21(16-19)37-2)23-17-20(28(35)30-12-14-32)18-25(27(23)34)38-24-9-4-3-8-22(24)29/h3-9,16,18,23,25,27,32,34H,10-15,17H2,1-2H3,(H,30,35). The molecule has 3 N–H and O–H groups in total. The molecule has 0 bridgehead atoms. The summed E-state index contributed by atoms with van der Waals surface area (Å²) in [4.78, 5) is 27.9. The molecular weight excluding hydrogens is 603 g/mol. The predicted octanol–water partition coefficient (Wildman–Crippen LogP) is 2.32. The molecule has 9 nitrogen and oxygen atoms in total. The van der Waals surface area contributed by atoms with Crippen LogP contribution in [0.3, 0.4) is 0 Å². The molecular formula is C28H35IN2O7. The molecule has 0 heterocycles. The van der Waals surface area contributed by atoms with Gasteiger partial charge in [-0.3, -0.25) is 9.59 Å². The highest BCUT2D eigenvalue weighted by Gasteiger charge is 2.40. The monoisotopic (exact) mass is 638 g/mol. The molecule has 3 unspecified atom stereocenters. The number of ether oxygens (including phenoxy) is 3. The van der Waals surface area contributed by atoms with Gasteiger partial charge in [-0.2, -0.15) is 0 Å². The number of aliphatic hydroxyl groups excluding tert-OH is 2. The van der Waals surface area contributed by atoms with Crippen molar-refractivity contribution in [1.29, 1.82) is 0 Å². The van der Waals surface area contributed by atoms with Gasteiger partial charge < -0.3 is 34.6 Å². The largest absolute Gasteiger partial charge is 0.497 e. The van der Waals surface area contributed by atoms with Crippen LogP contribution in [0.2, 0.25) is 0 Å². The van der Waals surface area contributed by atoms with Gasteiger partial charge in [0.2, 0.25) is 11.8 Å². The van der Waals surface area contributed by atoms with Crippen molar-refractivity contribution in [3.8, 4) is 11.5 Å². The number of hydrogen-bond acceptors (Lipinski definition) is 7. The van der Waals surface area contributed by atoms with Crippen LogP contribution in [-0.4, -0.2) is 85.7 Å². The number of para-hydroxylation sites is 1. The molecule has 0 saturated carbocycles. The second kappa shape index (κ2) is 15.1. The average Bonchev–Trinajstić information content (AvgIpc) is 2.93. The highest BCUT2D eigenvalue weighted by atomic mass is 127. The molecule has 3 rings (SSSR count). The van der Waals surface area contributed by atoms with Crippen molar-refractivity contribution in [2.24, 2.45) is 0 Å². The third-order valence-corrected chi connectivity index (χ3v) is 7.22. The fraction of sp³-hybridized carbons (Fsp3) is 0.429. The van der Waals surface area contributed by atoms with Crippen molar-refractivity contribution in [3.05, 3.63) is 69.3 Å². The first-order valence-electron chi connectivity index (χ1n) is 12.5. The molecule has 38 heavy (non-hydrogen) atoms. The first kappa shape index (κ1) is 29.9. The smallest absolute Gasteiger partial charge is 0.247 e. The van der Waals surface area contributed by atoms with E-state index in [0.29, 0.717) is 30.0 Å². The molecule has 0 fully saturated rings. The van der Waals surface area contributed by atoms with Crippen LogP contribution in [0, 0.1) is 3.57 Å². The van der Waals surface area contributed by atoms with Crippen LogP contribution in [0.15, 0.2) is 60.2 Å². The van der Waals surface area contributed by atoms with Gasteiger partial charge in [-0.25, -0.2) is 0 Å². The molecule has 0 aliphatic heterocycles. The van der Waals surface area contributed by atoms with E-state index in [2.05, 4.69) is 27.9 Å². The second-order valence-corrected chi connectivity index (χ2v) is 10.0. The minimum Gasteiger partial charge on any atom is -0.497 e. The summed E-state index contributed by atoms with van der Waals surface area (Å²) in [6.45, 7) is 0.449.